The molecule has 0 aromatic carbocycles. The number of methoxy groups -OCH3 is 1. The SMILES string of the molecule is CCCNCc1sc(S(=O)(=O)NC(C)(C)COC)cc1C. The van der Waals surface area contributed by atoms with Gasteiger partial charge in [0.2, 0.25) is 0 Å². The molecule has 1 rings (SSSR count). The Balaban J connectivity index is 2.87. The summed E-state index contributed by atoms with van der Waals surface area (Å²) in [5, 5.41) is 3.30. The smallest absolute Gasteiger partial charge is 0.250 e. The van der Waals surface area contributed by atoms with E-state index in [4.69, 9.17) is 4.74 Å². The van der Waals surface area contributed by atoms with Crippen LogP contribution in [0.3, 0.4) is 0 Å². The molecule has 0 aliphatic carbocycles. The molecular weight excluding hydrogens is 308 g/mol. The Morgan fingerprint density at radius 2 is 2.05 bits per heavy atom. The molecule has 0 spiro atoms. The minimum Gasteiger partial charge on any atom is -0.383 e. The predicted molar refractivity (Wildman–Crippen MR) is 87.3 cm³/mol. The highest BCUT2D eigenvalue weighted by Crippen LogP contribution is 2.26. The minimum atomic E-state index is -3.51. The number of sulfonamides is 1. The second kappa shape index (κ2) is 7.69. The fourth-order valence-electron chi connectivity index (χ4n) is 1.98. The summed E-state index contributed by atoms with van der Waals surface area (Å²) in [6.45, 7) is 9.61. The number of hydrogen-bond acceptors (Lipinski definition) is 5. The van der Waals surface area contributed by atoms with Gasteiger partial charge < -0.3 is 10.1 Å². The molecule has 0 unspecified atom stereocenters. The van der Waals surface area contributed by atoms with E-state index >= 15 is 0 Å². The monoisotopic (exact) mass is 334 g/mol. The zero-order valence-corrected chi connectivity index (χ0v) is 15.1. The number of ether oxygens (including phenoxy) is 1. The topological polar surface area (TPSA) is 67.4 Å². The number of hydrogen-bond donors (Lipinski definition) is 2. The molecule has 1 aromatic heterocycles. The van der Waals surface area contributed by atoms with Gasteiger partial charge in [0, 0.05) is 18.5 Å². The van der Waals surface area contributed by atoms with Gasteiger partial charge in [-0.15, -0.1) is 11.3 Å². The third-order valence-corrected chi connectivity index (χ3v) is 6.30. The Hall–Kier alpha value is -0.470. The summed E-state index contributed by atoms with van der Waals surface area (Å²) < 4.78 is 33.0. The third-order valence-electron chi connectivity index (χ3n) is 2.89. The zero-order chi connectivity index (χ0) is 16.1. The quantitative estimate of drug-likeness (QED) is 0.680. The maximum atomic E-state index is 12.4. The maximum absolute atomic E-state index is 12.4. The average molecular weight is 335 g/mol. The summed E-state index contributed by atoms with van der Waals surface area (Å²) in [6, 6.07) is 1.73. The summed E-state index contributed by atoms with van der Waals surface area (Å²) in [5.41, 5.74) is 0.375. The summed E-state index contributed by atoms with van der Waals surface area (Å²) in [6.07, 6.45) is 1.06. The predicted octanol–water partition coefficient (Wildman–Crippen LogP) is 2.26. The van der Waals surface area contributed by atoms with E-state index in [1.54, 1.807) is 27.0 Å². The van der Waals surface area contributed by atoms with Crippen molar-refractivity contribution in [3.63, 3.8) is 0 Å². The van der Waals surface area contributed by atoms with Crippen LogP contribution in [0.4, 0.5) is 0 Å². The highest BCUT2D eigenvalue weighted by atomic mass is 32.2. The maximum Gasteiger partial charge on any atom is 0.250 e. The number of rotatable bonds is 9. The molecule has 0 radical (unpaired) electrons. The first kappa shape index (κ1) is 18.6. The largest absolute Gasteiger partial charge is 0.383 e. The molecular formula is C14H26N2O3S2. The minimum absolute atomic E-state index is 0.321. The second-order valence-electron chi connectivity index (χ2n) is 5.77. The Morgan fingerprint density at radius 1 is 1.38 bits per heavy atom. The van der Waals surface area contributed by atoms with E-state index in [0.29, 0.717) is 17.4 Å². The fourth-order valence-corrected chi connectivity index (χ4v) is 4.94. The highest BCUT2D eigenvalue weighted by Gasteiger charge is 2.27. The highest BCUT2D eigenvalue weighted by molar-refractivity contribution is 7.91. The van der Waals surface area contributed by atoms with Crippen LogP contribution in [-0.2, 0) is 21.3 Å². The lowest BCUT2D eigenvalue weighted by Gasteiger charge is -2.24. The van der Waals surface area contributed by atoms with Crippen molar-refractivity contribution >= 4 is 21.4 Å². The molecule has 0 atom stereocenters. The molecule has 7 heteroatoms. The van der Waals surface area contributed by atoms with E-state index in [0.717, 1.165) is 23.4 Å². The van der Waals surface area contributed by atoms with Gasteiger partial charge in [-0.25, -0.2) is 13.1 Å². The standard InChI is InChI=1S/C14H26N2O3S2/c1-6-7-15-9-12-11(2)8-13(20-12)21(17,18)16-14(3,4)10-19-5/h8,15-16H,6-7,9-10H2,1-5H3. The molecule has 5 nitrogen and oxygen atoms in total. The summed E-state index contributed by atoms with van der Waals surface area (Å²) in [4.78, 5) is 1.06. The van der Waals surface area contributed by atoms with Gasteiger partial charge >= 0.3 is 0 Å². The van der Waals surface area contributed by atoms with Gasteiger partial charge in [0.25, 0.3) is 10.0 Å². The molecule has 0 amide bonds. The number of thiophene rings is 1. The van der Waals surface area contributed by atoms with Crippen molar-refractivity contribution in [1.82, 2.24) is 10.0 Å². The summed E-state index contributed by atoms with van der Waals surface area (Å²) in [7, 11) is -1.95. The molecule has 2 N–H and O–H groups in total. The van der Waals surface area contributed by atoms with E-state index in [-0.39, 0.29) is 0 Å². The van der Waals surface area contributed by atoms with Crippen LogP contribution >= 0.6 is 11.3 Å². The first-order valence-corrected chi connectivity index (χ1v) is 9.35. The molecule has 0 aliphatic heterocycles. The van der Waals surface area contributed by atoms with Crippen molar-refractivity contribution in [2.24, 2.45) is 0 Å². The molecule has 0 aliphatic rings. The Labute approximate surface area is 132 Å². The van der Waals surface area contributed by atoms with E-state index in [9.17, 15) is 8.42 Å². The second-order valence-corrected chi connectivity index (χ2v) is 8.82. The average Bonchev–Trinajstić information content (AvgIpc) is 2.71. The lowest BCUT2D eigenvalue weighted by Crippen LogP contribution is -2.46. The summed E-state index contributed by atoms with van der Waals surface area (Å²) in [5.74, 6) is 0. The molecule has 21 heavy (non-hydrogen) atoms. The lowest BCUT2D eigenvalue weighted by atomic mass is 10.1. The van der Waals surface area contributed by atoms with Crippen LogP contribution in [0.2, 0.25) is 0 Å². The van der Waals surface area contributed by atoms with E-state index in [2.05, 4.69) is 17.0 Å². The van der Waals surface area contributed by atoms with Crippen molar-refractivity contribution in [2.45, 2.75) is 50.4 Å². The van der Waals surface area contributed by atoms with Crippen molar-refractivity contribution in [3.8, 4) is 0 Å². The van der Waals surface area contributed by atoms with Crippen LogP contribution in [0.25, 0.3) is 0 Å². The molecule has 0 saturated carbocycles. The van der Waals surface area contributed by atoms with Crippen LogP contribution in [0.1, 0.15) is 37.6 Å². The van der Waals surface area contributed by atoms with Gasteiger partial charge in [0.05, 0.1) is 12.1 Å². The van der Waals surface area contributed by atoms with Gasteiger partial charge in [-0.2, -0.15) is 0 Å². The van der Waals surface area contributed by atoms with E-state index < -0.39 is 15.6 Å². The molecule has 0 saturated heterocycles. The van der Waals surface area contributed by atoms with Gasteiger partial charge in [-0.3, -0.25) is 0 Å². The van der Waals surface area contributed by atoms with Gasteiger partial charge in [0.15, 0.2) is 0 Å². The van der Waals surface area contributed by atoms with Gasteiger partial charge in [-0.05, 0) is 45.4 Å². The Kier molecular flexibility index (Phi) is 6.80. The normalized spacial score (nSPS) is 12.8. The van der Waals surface area contributed by atoms with Gasteiger partial charge in [0.1, 0.15) is 4.21 Å². The summed E-state index contributed by atoms with van der Waals surface area (Å²) >= 11 is 1.32. The zero-order valence-electron chi connectivity index (χ0n) is 13.4. The van der Waals surface area contributed by atoms with Crippen molar-refractivity contribution < 1.29 is 13.2 Å². The Morgan fingerprint density at radius 3 is 2.62 bits per heavy atom. The lowest BCUT2D eigenvalue weighted by molar-refractivity contribution is 0.141. The van der Waals surface area contributed by atoms with Crippen molar-refractivity contribution in [3.05, 3.63) is 16.5 Å². The first-order chi connectivity index (χ1) is 9.72. The van der Waals surface area contributed by atoms with E-state index in [1.165, 1.54) is 11.3 Å². The van der Waals surface area contributed by atoms with E-state index in [1.807, 2.05) is 6.92 Å². The molecule has 1 heterocycles. The van der Waals surface area contributed by atoms with Crippen LogP contribution in [0, 0.1) is 6.92 Å². The fraction of sp³-hybridized carbons (Fsp3) is 0.714. The first-order valence-electron chi connectivity index (χ1n) is 7.05. The number of nitrogens with one attached hydrogen (secondary N) is 2. The molecule has 1 aromatic rings. The van der Waals surface area contributed by atoms with Gasteiger partial charge in [-0.1, -0.05) is 6.92 Å². The van der Waals surface area contributed by atoms with Crippen LogP contribution < -0.4 is 10.0 Å². The van der Waals surface area contributed by atoms with Crippen LogP contribution in [0.5, 0.6) is 0 Å². The number of aryl methyl sites for hydroxylation is 1. The molecule has 0 bridgehead atoms. The van der Waals surface area contributed by atoms with Crippen molar-refractivity contribution in [2.75, 3.05) is 20.3 Å². The van der Waals surface area contributed by atoms with Crippen LogP contribution in [-0.4, -0.2) is 34.2 Å². The molecule has 0 fully saturated rings. The molecule has 122 valence electrons. The Bertz CT molecular complexity index is 551. The van der Waals surface area contributed by atoms with Crippen molar-refractivity contribution in [1.29, 1.82) is 0 Å². The third kappa shape index (κ3) is 5.67. The van der Waals surface area contributed by atoms with Crippen LogP contribution in [0.15, 0.2) is 10.3 Å².